The summed E-state index contributed by atoms with van der Waals surface area (Å²) in [5.41, 5.74) is 0. The van der Waals surface area contributed by atoms with Crippen molar-refractivity contribution in [2.75, 3.05) is 26.4 Å². The summed E-state index contributed by atoms with van der Waals surface area (Å²) in [6, 6.07) is 0. The zero-order valence-electron chi connectivity index (χ0n) is 17.1. The number of fused-ring (bicyclic) bond motifs is 5. The Kier molecular flexibility index (Phi) is 7.96. The van der Waals surface area contributed by atoms with E-state index in [0.717, 1.165) is 64.6 Å². The van der Waals surface area contributed by atoms with Crippen LogP contribution in [0.25, 0.3) is 0 Å². The number of ether oxygens (including phenoxy) is 2. The quantitative estimate of drug-likeness (QED) is 0.678. The summed E-state index contributed by atoms with van der Waals surface area (Å²) < 4.78 is 11.5. The molecule has 0 aromatic rings. The molecule has 0 aromatic carbocycles. The summed E-state index contributed by atoms with van der Waals surface area (Å²) in [6.45, 7) is 1.21. The summed E-state index contributed by atoms with van der Waals surface area (Å²) in [7, 11) is 0. The Labute approximate surface area is 172 Å². The lowest BCUT2D eigenvalue weighted by molar-refractivity contribution is -0.224. The molecule has 5 fully saturated rings. The first-order valence-electron chi connectivity index (χ1n) is 11.1. The van der Waals surface area contributed by atoms with Crippen LogP contribution in [0, 0.1) is 23.7 Å². The van der Waals surface area contributed by atoms with Crippen LogP contribution < -0.4 is 0 Å². The van der Waals surface area contributed by atoms with Gasteiger partial charge in [-0.25, -0.2) is 0 Å². The Morgan fingerprint density at radius 2 is 1.21 bits per heavy atom. The highest BCUT2D eigenvalue weighted by Crippen LogP contribution is 2.48. The van der Waals surface area contributed by atoms with Gasteiger partial charge in [-0.15, -0.1) is 0 Å². The molecular formula is C22H34O7. The first kappa shape index (κ1) is 22.5. The molecule has 4 aliphatic carbocycles. The van der Waals surface area contributed by atoms with Crippen LogP contribution in [0.15, 0.2) is 0 Å². The average molecular weight is 411 g/mol. The molecule has 7 heteroatoms. The molecule has 0 aromatic heterocycles. The van der Waals surface area contributed by atoms with Gasteiger partial charge < -0.3 is 19.7 Å². The van der Waals surface area contributed by atoms with Crippen molar-refractivity contribution >= 4 is 17.3 Å². The van der Waals surface area contributed by atoms with Crippen molar-refractivity contribution in [3.05, 3.63) is 0 Å². The van der Waals surface area contributed by atoms with Crippen LogP contribution in [-0.4, -0.2) is 59.8 Å². The highest BCUT2D eigenvalue weighted by atomic mass is 16.7. The van der Waals surface area contributed by atoms with Crippen LogP contribution in [0.4, 0.5) is 0 Å². The maximum Gasteiger partial charge on any atom is 0.171 e. The number of ketones is 3. The summed E-state index contributed by atoms with van der Waals surface area (Å²) in [6.07, 6.45) is 8.42. The third-order valence-electron chi connectivity index (χ3n) is 7.06. The molecule has 5 rings (SSSR count). The Morgan fingerprint density at radius 3 is 1.72 bits per heavy atom. The maximum absolute atomic E-state index is 11.5. The van der Waals surface area contributed by atoms with Crippen LogP contribution >= 0.6 is 0 Å². The second-order valence-electron chi connectivity index (χ2n) is 8.77. The average Bonchev–Trinajstić information content (AvgIpc) is 3.22. The van der Waals surface area contributed by atoms with Gasteiger partial charge in [0, 0.05) is 49.4 Å². The molecule has 1 saturated heterocycles. The van der Waals surface area contributed by atoms with Crippen molar-refractivity contribution in [1.82, 2.24) is 0 Å². The molecule has 5 aliphatic rings. The fourth-order valence-corrected chi connectivity index (χ4v) is 5.43. The fourth-order valence-electron chi connectivity index (χ4n) is 5.43. The van der Waals surface area contributed by atoms with E-state index in [1.54, 1.807) is 0 Å². The maximum atomic E-state index is 11.5. The molecule has 4 bridgehead atoms. The summed E-state index contributed by atoms with van der Waals surface area (Å²) in [5.74, 6) is 2.24. The first-order chi connectivity index (χ1) is 14.0. The van der Waals surface area contributed by atoms with Crippen molar-refractivity contribution in [2.24, 2.45) is 23.7 Å². The number of aliphatic hydroxyl groups is 2. The molecular weight excluding hydrogens is 376 g/mol. The Hall–Kier alpha value is -1.15. The lowest BCUT2D eigenvalue weighted by Crippen LogP contribution is -2.48. The van der Waals surface area contributed by atoms with Gasteiger partial charge in [0.25, 0.3) is 0 Å². The van der Waals surface area contributed by atoms with Gasteiger partial charge in [-0.2, -0.15) is 0 Å². The number of Topliss-reactive ketones (excluding diaryl/α,β-unsaturated/α-hetero) is 3. The number of hydrogen-bond acceptors (Lipinski definition) is 7. The smallest absolute Gasteiger partial charge is 0.171 e. The molecule has 1 spiro atoms. The molecule has 0 amide bonds. The largest absolute Gasteiger partial charge is 0.394 e. The molecule has 4 saturated carbocycles. The fraction of sp³-hybridized carbons (Fsp3) is 0.864. The van der Waals surface area contributed by atoms with Gasteiger partial charge in [0.05, 0.1) is 26.4 Å². The molecule has 164 valence electrons. The normalized spacial score (nSPS) is 34.8. The van der Waals surface area contributed by atoms with E-state index in [2.05, 4.69) is 0 Å². The van der Waals surface area contributed by atoms with Crippen molar-refractivity contribution in [3.63, 3.8) is 0 Å². The molecule has 1 heterocycles. The molecule has 4 unspecified atom stereocenters. The van der Waals surface area contributed by atoms with Crippen molar-refractivity contribution in [2.45, 2.75) is 70.0 Å². The summed E-state index contributed by atoms with van der Waals surface area (Å²) >= 11 is 0. The summed E-state index contributed by atoms with van der Waals surface area (Å²) in [5, 5.41) is 15.2. The van der Waals surface area contributed by atoms with E-state index in [0.29, 0.717) is 42.0 Å². The number of carbonyl (C=O) groups excluding carboxylic acids is 3. The van der Waals surface area contributed by atoms with E-state index < -0.39 is 0 Å². The third-order valence-corrected chi connectivity index (χ3v) is 7.06. The van der Waals surface area contributed by atoms with Crippen molar-refractivity contribution < 1.29 is 34.1 Å². The summed E-state index contributed by atoms with van der Waals surface area (Å²) in [4.78, 5) is 33.9. The molecule has 1 aliphatic heterocycles. The van der Waals surface area contributed by atoms with Gasteiger partial charge in [-0.1, -0.05) is 0 Å². The minimum Gasteiger partial charge on any atom is -0.394 e. The van der Waals surface area contributed by atoms with Crippen LogP contribution in [0.2, 0.25) is 0 Å². The minimum absolute atomic E-state index is 0.125. The Balaban J connectivity index is 0.000000144. The number of rotatable bonds is 1. The van der Waals surface area contributed by atoms with E-state index >= 15 is 0 Å². The van der Waals surface area contributed by atoms with E-state index in [1.165, 1.54) is 0 Å². The van der Waals surface area contributed by atoms with E-state index in [4.69, 9.17) is 19.7 Å². The first-order valence-corrected chi connectivity index (χ1v) is 11.1. The monoisotopic (exact) mass is 410 g/mol. The highest BCUT2D eigenvalue weighted by molar-refractivity contribution is 5.89. The van der Waals surface area contributed by atoms with Gasteiger partial charge in [0.15, 0.2) is 5.79 Å². The number of aliphatic hydroxyl groups excluding tert-OH is 2. The van der Waals surface area contributed by atoms with Gasteiger partial charge >= 0.3 is 0 Å². The second kappa shape index (κ2) is 10.2. The molecule has 29 heavy (non-hydrogen) atoms. The van der Waals surface area contributed by atoms with Crippen molar-refractivity contribution in [3.8, 4) is 0 Å². The SMILES string of the molecule is O=C1CCC2CC1CCC21OCCO1.O=C1CCC2CC1CCC2=O.OCCO. The predicted octanol–water partition coefficient (Wildman–Crippen LogP) is 1.81. The highest BCUT2D eigenvalue weighted by Gasteiger charge is 2.51. The van der Waals surface area contributed by atoms with E-state index in [9.17, 15) is 14.4 Å². The van der Waals surface area contributed by atoms with Crippen LogP contribution in [0.1, 0.15) is 64.2 Å². The third kappa shape index (κ3) is 5.32. The lowest BCUT2D eigenvalue weighted by atomic mass is 9.68. The number of hydrogen-bond donors (Lipinski definition) is 2. The van der Waals surface area contributed by atoms with Crippen LogP contribution in [-0.2, 0) is 23.9 Å². The van der Waals surface area contributed by atoms with Crippen LogP contribution in [0.3, 0.4) is 0 Å². The topological polar surface area (TPSA) is 110 Å². The van der Waals surface area contributed by atoms with Crippen LogP contribution in [0.5, 0.6) is 0 Å². The Bertz CT molecular complexity index is 572. The van der Waals surface area contributed by atoms with Crippen molar-refractivity contribution in [1.29, 1.82) is 0 Å². The zero-order chi connectivity index (χ0) is 20.9. The van der Waals surface area contributed by atoms with Gasteiger partial charge in [-0.05, 0) is 38.5 Å². The van der Waals surface area contributed by atoms with Gasteiger partial charge in [-0.3, -0.25) is 14.4 Å². The molecule has 2 N–H and O–H groups in total. The standard InChI is InChI=1S/C11H16O3.C9H12O2.C2H6O2/c12-10-2-1-9-7-8(10)3-4-11(9)13-5-6-14-11;10-8-3-1-6-5-7(8)2-4-9(6)11;3-1-2-4/h8-9H,1-7H2;6-7H,1-5H2;3-4H,1-2H2. The minimum atomic E-state index is -0.294. The molecule has 0 radical (unpaired) electrons. The number of carbonyl (C=O) groups is 3. The molecule has 4 atom stereocenters. The van der Waals surface area contributed by atoms with E-state index in [1.807, 2.05) is 0 Å². The van der Waals surface area contributed by atoms with Gasteiger partial charge in [0.2, 0.25) is 0 Å². The van der Waals surface area contributed by atoms with E-state index in [-0.39, 0.29) is 30.8 Å². The molecule has 7 nitrogen and oxygen atoms in total. The predicted molar refractivity (Wildman–Crippen MR) is 104 cm³/mol. The Morgan fingerprint density at radius 1 is 0.724 bits per heavy atom. The lowest BCUT2D eigenvalue weighted by Gasteiger charge is -2.44. The zero-order valence-corrected chi connectivity index (χ0v) is 17.1. The second-order valence-corrected chi connectivity index (χ2v) is 8.77. The van der Waals surface area contributed by atoms with Gasteiger partial charge in [0.1, 0.15) is 17.3 Å².